The zero-order chi connectivity index (χ0) is 5.98. The minimum absolute atomic E-state index is 0.0440. The first-order valence-electron chi connectivity index (χ1n) is 2.80. The molecule has 0 radical (unpaired) electrons. The van der Waals surface area contributed by atoms with Gasteiger partial charge in [0.05, 0.1) is 0 Å². The molecule has 0 bridgehead atoms. The summed E-state index contributed by atoms with van der Waals surface area (Å²) < 4.78 is 0. The second-order valence-corrected chi connectivity index (χ2v) is 2.18. The zero-order valence-electron chi connectivity index (χ0n) is 4.59. The highest BCUT2D eigenvalue weighted by atomic mass is 16.1. The van der Waals surface area contributed by atoms with Crippen LogP contribution in [0.3, 0.4) is 0 Å². The Balaban J connectivity index is 2.43. The van der Waals surface area contributed by atoms with Crippen LogP contribution in [0.4, 0.5) is 0 Å². The molecule has 0 aliphatic heterocycles. The third-order valence-electron chi connectivity index (χ3n) is 1.48. The van der Waals surface area contributed by atoms with E-state index in [9.17, 15) is 9.59 Å². The first-order valence-corrected chi connectivity index (χ1v) is 2.80. The molecule has 0 heterocycles. The molecule has 2 heteroatoms. The van der Waals surface area contributed by atoms with Gasteiger partial charge in [0.2, 0.25) is 0 Å². The minimum Gasteiger partial charge on any atom is -0.303 e. The number of rotatable bonds is 1. The van der Waals surface area contributed by atoms with Crippen molar-refractivity contribution in [2.24, 2.45) is 5.92 Å². The van der Waals surface area contributed by atoms with Crippen molar-refractivity contribution in [1.29, 1.82) is 0 Å². The molecule has 1 aliphatic carbocycles. The van der Waals surface area contributed by atoms with Crippen LogP contribution in [0.2, 0.25) is 0 Å². The van der Waals surface area contributed by atoms with Gasteiger partial charge in [-0.1, -0.05) is 0 Å². The lowest BCUT2D eigenvalue weighted by Gasteiger charge is -1.89. The SMILES string of the molecule is O=C[C@H]1CCC(=O)C1. The lowest BCUT2D eigenvalue weighted by molar-refractivity contribution is -0.119. The number of ketones is 1. The molecule has 1 aliphatic rings. The molecule has 0 aromatic heterocycles. The fraction of sp³-hybridized carbons (Fsp3) is 0.667. The van der Waals surface area contributed by atoms with Crippen LogP contribution >= 0.6 is 0 Å². The lowest BCUT2D eigenvalue weighted by Crippen LogP contribution is -1.94. The standard InChI is InChI=1S/C6H8O2/c7-4-5-1-2-6(8)3-5/h4-5H,1-3H2/t5-/m0/s1. The van der Waals surface area contributed by atoms with E-state index in [-0.39, 0.29) is 11.7 Å². The van der Waals surface area contributed by atoms with Gasteiger partial charge in [0.1, 0.15) is 12.1 Å². The lowest BCUT2D eigenvalue weighted by atomic mass is 10.1. The van der Waals surface area contributed by atoms with Crippen molar-refractivity contribution in [2.45, 2.75) is 19.3 Å². The van der Waals surface area contributed by atoms with Gasteiger partial charge in [-0.15, -0.1) is 0 Å². The van der Waals surface area contributed by atoms with Crippen LogP contribution in [0.15, 0.2) is 0 Å². The fourth-order valence-corrected chi connectivity index (χ4v) is 0.959. The van der Waals surface area contributed by atoms with E-state index in [1.807, 2.05) is 0 Å². The number of hydrogen-bond acceptors (Lipinski definition) is 2. The van der Waals surface area contributed by atoms with Crippen molar-refractivity contribution in [1.82, 2.24) is 0 Å². The number of carbonyl (C=O) groups excluding carboxylic acids is 2. The fourth-order valence-electron chi connectivity index (χ4n) is 0.959. The molecule has 1 atom stereocenters. The van der Waals surface area contributed by atoms with Gasteiger partial charge < -0.3 is 4.79 Å². The van der Waals surface area contributed by atoms with E-state index in [0.29, 0.717) is 12.8 Å². The van der Waals surface area contributed by atoms with Crippen LogP contribution in [-0.4, -0.2) is 12.1 Å². The Morgan fingerprint density at radius 3 is 2.62 bits per heavy atom. The highest BCUT2D eigenvalue weighted by Crippen LogP contribution is 2.18. The molecule has 2 nitrogen and oxygen atoms in total. The van der Waals surface area contributed by atoms with Gasteiger partial charge in [0, 0.05) is 18.8 Å². The summed E-state index contributed by atoms with van der Waals surface area (Å²) in [6.45, 7) is 0. The summed E-state index contributed by atoms with van der Waals surface area (Å²) in [5, 5.41) is 0. The van der Waals surface area contributed by atoms with Gasteiger partial charge in [0.25, 0.3) is 0 Å². The van der Waals surface area contributed by atoms with E-state index in [2.05, 4.69) is 0 Å². The summed E-state index contributed by atoms with van der Waals surface area (Å²) in [4.78, 5) is 20.5. The van der Waals surface area contributed by atoms with Crippen LogP contribution in [0.1, 0.15) is 19.3 Å². The zero-order valence-corrected chi connectivity index (χ0v) is 4.59. The van der Waals surface area contributed by atoms with Crippen molar-refractivity contribution in [3.63, 3.8) is 0 Å². The van der Waals surface area contributed by atoms with E-state index in [1.54, 1.807) is 0 Å². The van der Waals surface area contributed by atoms with E-state index < -0.39 is 0 Å². The maximum atomic E-state index is 10.5. The Hall–Kier alpha value is -0.660. The largest absolute Gasteiger partial charge is 0.303 e. The molecule has 0 aromatic carbocycles. The molecular weight excluding hydrogens is 104 g/mol. The van der Waals surface area contributed by atoms with Crippen molar-refractivity contribution in [2.75, 3.05) is 0 Å². The molecule has 0 spiro atoms. The predicted molar refractivity (Wildman–Crippen MR) is 28.4 cm³/mol. The monoisotopic (exact) mass is 112 g/mol. The highest BCUT2D eigenvalue weighted by Gasteiger charge is 2.20. The molecule has 1 fully saturated rings. The Kier molecular flexibility index (Phi) is 1.42. The topological polar surface area (TPSA) is 34.1 Å². The third-order valence-corrected chi connectivity index (χ3v) is 1.48. The van der Waals surface area contributed by atoms with Crippen LogP contribution in [0, 0.1) is 5.92 Å². The van der Waals surface area contributed by atoms with E-state index in [1.165, 1.54) is 0 Å². The summed E-state index contributed by atoms with van der Waals surface area (Å²) in [5.41, 5.74) is 0. The van der Waals surface area contributed by atoms with Crippen molar-refractivity contribution in [3.8, 4) is 0 Å². The van der Waals surface area contributed by atoms with Crippen molar-refractivity contribution in [3.05, 3.63) is 0 Å². The van der Waals surface area contributed by atoms with Gasteiger partial charge in [0.15, 0.2) is 0 Å². The molecule has 0 saturated heterocycles. The van der Waals surface area contributed by atoms with Crippen molar-refractivity contribution >= 4 is 12.1 Å². The summed E-state index contributed by atoms with van der Waals surface area (Å²) in [7, 11) is 0. The molecular formula is C6H8O2. The van der Waals surface area contributed by atoms with E-state index in [0.717, 1.165) is 12.7 Å². The summed E-state index contributed by atoms with van der Waals surface area (Å²) in [6, 6.07) is 0. The molecule has 0 aromatic rings. The Morgan fingerprint density at radius 2 is 2.38 bits per heavy atom. The Labute approximate surface area is 47.9 Å². The first-order chi connectivity index (χ1) is 3.83. The number of aldehydes is 1. The molecule has 0 unspecified atom stereocenters. The van der Waals surface area contributed by atoms with Gasteiger partial charge in [-0.2, -0.15) is 0 Å². The van der Waals surface area contributed by atoms with Gasteiger partial charge in [-0.05, 0) is 6.42 Å². The predicted octanol–water partition coefficient (Wildman–Crippen LogP) is 0.554. The molecule has 0 N–H and O–H groups in total. The smallest absolute Gasteiger partial charge is 0.133 e. The Bertz CT molecular complexity index is 118. The minimum atomic E-state index is 0.0440. The van der Waals surface area contributed by atoms with Crippen LogP contribution in [0.5, 0.6) is 0 Å². The Morgan fingerprint density at radius 1 is 1.62 bits per heavy atom. The summed E-state index contributed by atoms with van der Waals surface area (Å²) in [6.07, 6.45) is 2.76. The van der Waals surface area contributed by atoms with Crippen LogP contribution < -0.4 is 0 Å². The number of Topliss-reactive ketones (excluding diaryl/α,β-unsaturated/α-hetero) is 1. The number of carbonyl (C=O) groups is 2. The average Bonchev–Trinajstić information content (AvgIpc) is 2.14. The van der Waals surface area contributed by atoms with E-state index >= 15 is 0 Å². The first kappa shape index (κ1) is 5.48. The highest BCUT2D eigenvalue weighted by molar-refractivity contribution is 5.84. The maximum Gasteiger partial charge on any atom is 0.133 e. The summed E-state index contributed by atoms with van der Waals surface area (Å²) >= 11 is 0. The average molecular weight is 112 g/mol. The van der Waals surface area contributed by atoms with Gasteiger partial charge >= 0.3 is 0 Å². The molecule has 1 saturated carbocycles. The molecule has 0 amide bonds. The second-order valence-electron chi connectivity index (χ2n) is 2.18. The van der Waals surface area contributed by atoms with Gasteiger partial charge in [-0.25, -0.2) is 0 Å². The second kappa shape index (κ2) is 2.07. The number of hydrogen-bond donors (Lipinski definition) is 0. The third kappa shape index (κ3) is 0.941. The van der Waals surface area contributed by atoms with E-state index in [4.69, 9.17) is 0 Å². The van der Waals surface area contributed by atoms with Crippen LogP contribution in [-0.2, 0) is 9.59 Å². The molecule has 8 heavy (non-hydrogen) atoms. The molecule has 44 valence electrons. The quantitative estimate of drug-likeness (QED) is 0.464. The van der Waals surface area contributed by atoms with Crippen molar-refractivity contribution < 1.29 is 9.59 Å². The maximum absolute atomic E-state index is 10.5. The summed E-state index contributed by atoms with van der Waals surface area (Å²) in [5.74, 6) is 0.282. The van der Waals surface area contributed by atoms with Gasteiger partial charge in [-0.3, -0.25) is 4.79 Å². The molecule has 1 rings (SSSR count). The normalized spacial score (nSPS) is 28.5. The van der Waals surface area contributed by atoms with Crippen LogP contribution in [0.25, 0.3) is 0 Å².